The van der Waals surface area contributed by atoms with E-state index >= 15 is 0 Å². The summed E-state index contributed by atoms with van der Waals surface area (Å²) in [6, 6.07) is 7.24. The van der Waals surface area contributed by atoms with Crippen molar-refractivity contribution in [3.05, 3.63) is 35.4 Å². The second-order valence-corrected chi connectivity index (χ2v) is 7.00. The number of hydrogen-bond acceptors (Lipinski definition) is 3. The average molecular weight is 361 g/mol. The first-order valence-corrected chi connectivity index (χ1v) is 8.88. The number of benzene rings is 1. The number of amides is 3. The number of carbonyl (C=O) groups is 3. The molecule has 26 heavy (non-hydrogen) atoms. The van der Waals surface area contributed by atoms with E-state index in [2.05, 4.69) is 5.32 Å². The lowest BCUT2D eigenvalue weighted by Crippen LogP contribution is -2.50. The topological polar surface area (TPSA) is 90.0 Å². The summed E-state index contributed by atoms with van der Waals surface area (Å²) < 4.78 is 0. The van der Waals surface area contributed by atoms with E-state index in [1.807, 2.05) is 36.1 Å². The quantitative estimate of drug-likeness (QED) is 0.839. The molecule has 0 radical (unpaired) electrons. The van der Waals surface area contributed by atoms with Crippen molar-refractivity contribution in [2.75, 3.05) is 26.7 Å². The predicted octanol–water partition coefficient (Wildman–Crippen LogP) is 1.96. The molecule has 1 aromatic carbocycles. The summed E-state index contributed by atoms with van der Waals surface area (Å²) in [4.78, 5) is 38.8. The maximum absolute atomic E-state index is 12.5. The lowest BCUT2D eigenvalue weighted by molar-refractivity contribution is -0.141. The fraction of sp³-hybridized carbons (Fsp3) is 0.526. The van der Waals surface area contributed by atoms with Crippen molar-refractivity contribution in [3.63, 3.8) is 0 Å². The highest BCUT2D eigenvalue weighted by atomic mass is 16.4. The Morgan fingerprint density at radius 3 is 2.35 bits per heavy atom. The summed E-state index contributed by atoms with van der Waals surface area (Å²) >= 11 is 0. The Bertz CT molecular complexity index is 651. The minimum atomic E-state index is -0.924. The van der Waals surface area contributed by atoms with Crippen molar-refractivity contribution in [2.24, 2.45) is 5.92 Å². The normalized spacial score (nSPS) is 16.0. The van der Waals surface area contributed by atoms with Crippen LogP contribution in [0.4, 0.5) is 4.79 Å². The molecular weight excluding hydrogens is 334 g/mol. The minimum Gasteiger partial charge on any atom is -0.481 e. The van der Waals surface area contributed by atoms with Crippen LogP contribution in [0.3, 0.4) is 0 Å². The first kappa shape index (κ1) is 19.8. The molecule has 1 aliphatic rings. The van der Waals surface area contributed by atoms with E-state index < -0.39 is 11.9 Å². The number of carboxylic acids is 1. The maximum atomic E-state index is 12.5. The number of nitrogens with one attached hydrogen (secondary N) is 1. The monoisotopic (exact) mass is 361 g/mol. The molecule has 0 aliphatic carbocycles. The molecule has 1 saturated heterocycles. The van der Waals surface area contributed by atoms with Crippen LogP contribution in [-0.2, 0) is 4.79 Å². The van der Waals surface area contributed by atoms with Gasteiger partial charge in [-0.05, 0) is 31.9 Å². The molecule has 1 unspecified atom stereocenters. The Labute approximate surface area is 154 Å². The van der Waals surface area contributed by atoms with Gasteiger partial charge in [0.1, 0.15) is 0 Å². The highest BCUT2D eigenvalue weighted by Gasteiger charge is 2.26. The summed E-state index contributed by atoms with van der Waals surface area (Å²) in [5.41, 5.74) is 1.80. The molecular formula is C19H27N3O4. The van der Waals surface area contributed by atoms with E-state index in [-0.39, 0.29) is 24.5 Å². The Morgan fingerprint density at radius 1 is 1.23 bits per heavy atom. The summed E-state index contributed by atoms with van der Waals surface area (Å²) in [5.74, 6) is -1.52. The zero-order chi connectivity index (χ0) is 19.3. The van der Waals surface area contributed by atoms with Crippen molar-refractivity contribution in [3.8, 4) is 0 Å². The summed E-state index contributed by atoms with van der Waals surface area (Å²) in [5, 5.41) is 11.9. The van der Waals surface area contributed by atoms with Gasteiger partial charge in [-0.25, -0.2) is 4.79 Å². The predicted molar refractivity (Wildman–Crippen MR) is 98.1 cm³/mol. The van der Waals surface area contributed by atoms with Crippen LogP contribution in [0.5, 0.6) is 0 Å². The molecule has 1 aromatic rings. The van der Waals surface area contributed by atoms with Crippen LogP contribution in [0.25, 0.3) is 0 Å². The minimum absolute atomic E-state index is 0.00727. The van der Waals surface area contributed by atoms with E-state index in [0.717, 1.165) is 5.56 Å². The Balaban J connectivity index is 1.80. The highest BCUT2D eigenvalue weighted by Crippen LogP contribution is 2.15. The molecule has 3 amide bonds. The van der Waals surface area contributed by atoms with Crippen LogP contribution in [0.1, 0.15) is 35.7 Å². The van der Waals surface area contributed by atoms with Gasteiger partial charge in [0, 0.05) is 38.3 Å². The van der Waals surface area contributed by atoms with Crippen molar-refractivity contribution in [2.45, 2.75) is 32.7 Å². The number of carboxylic acid groups (broad SMARTS) is 1. The number of piperidine rings is 1. The molecule has 0 bridgehead atoms. The summed E-state index contributed by atoms with van der Waals surface area (Å²) in [7, 11) is 1.59. The second-order valence-electron chi connectivity index (χ2n) is 7.00. The molecule has 1 aliphatic heterocycles. The molecule has 2 rings (SSSR count). The van der Waals surface area contributed by atoms with Gasteiger partial charge in [-0.2, -0.15) is 0 Å². The van der Waals surface area contributed by atoms with Crippen molar-refractivity contribution in [1.29, 1.82) is 0 Å². The smallest absolute Gasteiger partial charge is 0.317 e. The number of aliphatic carboxylic acids is 1. The van der Waals surface area contributed by atoms with Crippen LogP contribution >= 0.6 is 0 Å². The number of nitrogens with zero attached hydrogens (tertiary/aromatic N) is 2. The number of likely N-dealkylation sites (tertiary alicyclic amines) is 1. The van der Waals surface area contributed by atoms with E-state index in [9.17, 15) is 14.4 Å². The van der Waals surface area contributed by atoms with Gasteiger partial charge in [0.05, 0.1) is 5.92 Å². The van der Waals surface area contributed by atoms with Gasteiger partial charge >= 0.3 is 12.0 Å². The van der Waals surface area contributed by atoms with Crippen LogP contribution < -0.4 is 5.32 Å². The fourth-order valence-corrected chi connectivity index (χ4v) is 2.96. The van der Waals surface area contributed by atoms with Crippen LogP contribution in [0, 0.1) is 12.8 Å². The van der Waals surface area contributed by atoms with Crippen LogP contribution in [0.2, 0.25) is 0 Å². The third-order valence-corrected chi connectivity index (χ3v) is 4.72. The molecule has 0 aromatic heterocycles. The first-order chi connectivity index (χ1) is 12.3. The summed E-state index contributed by atoms with van der Waals surface area (Å²) in [6.07, 6.45) is 1.37. The Kier molecular flexibility index (Phi) is 6.60. The second kappa shape index (κ2) is 8.69. The fourth-order valence-electron chi connectivity index (χ4n) is 2.96. The van der Waals surface area contributed by atoms with E-state index in [1.165, 1.54) is 4.90 Å². The third-order valence-electron chi connectivity index (χ3n) is 4.72. The van der Waals surface area contributed by atoms with Gasteiger partial charge in [0.2, 0.25) is 0 Å². The zero-order valence-corrected chi connectivity index (χ0v) is 15.6. The van der Waals surface area contributed by atoms with Gasteiger partial charge in [0.25, 0.3) is 5.91 Å². The van der Waals surface area contributed by atoms with E-state index in [1.54, 1.807) is 14.0 Å². The number of aryl methyl sites for hydroxylation is 1. The number of carbonyl (C=O) groups excluding carboxylic acids is 2. The third kappa shape index (κ3) is 5.21. The van der Waals surface area contributed by atoms with Gasteiger partial charge in [-0.1, -0.05) is 24.6 Å². The molecule has 1 heterocycles. The molecule has 1 fully saturated rings. The first-order valence-electron chi connectivity index (χ1n) is 8.88. The molecule has 142 valence electrons. The van der Waals surface area contributed by atoms with Crippen LogP contribution in [-0.4, -0.2) is 65.5 Å². The molecule has 1 atom stereocenters. The van der Waals surface area contributed by atoms with E-state index in [4.69, 9.17) is 5.11 Å². The molecule has 2 N–H and O–H groups in total. The molecule has 7 nitrogen and oxygen atoms in total. The molecule has 7 heteroatoms. The van der Waals surface area contributed by atoms with Crippen molar-refractivity contribution >= 4 is 17.9 Å². The van der Waals surface area contributed by atoms with Gasteiger partial charge in [-0.15, -0.1) is 0 Å². The number of urea groups is 1. The lowest BCUT2D eigenvalue weighted by atomic mass is 10.0. The summed E-state index contributed by atoms with van der Waals surface area (Å²) in [6.45, 7) is 4.89. The largest absolute Gasteiger partial charge is 0.481 e. The molecule has 0 spiro atoms. The number of rotatable bonds is 5. The van der Waals surface area contributed by atoms with Crippen molar-refractivity contribution in [1.82, 2.24) is 15.1 Å². The highest BCUT2D eigenvalue weighted by molar-refractivity contribution is 5.94. The zero-order valence-electron chi connectivity index (χ0n) is 15.6. The number of hydrogen-bond donors (Lipinski definition) is 2. The maximum Gasteiger partial charge on any atom is 0.317 e. The van der Waals surface area contributed by atoms with E-state index in [0.29, 0.717) is 31.5 Å². The SMILES string of the molecule is Cc1ccc(C(=O)N2CCC(NC(=O)N(C)CC(C)C(=O)O)CC2)cc1. The molecule has 0 saturated carbocycles. The van der Waals surface area contributed by atoms with Gasteiger partial charge in [0.15, 0.2) is 0 Å². The standard InChI is InChI=1S/C19H27N3O4/c1-13-4-6-15(7-5-13)17(23)22-10-8-16(9-11-22)20-19(26)21(3)12-14(2)18(24)25/h4-7,14,16H,8-12H2,1-3H3,(H,20,26)(H,24,25). The van der Waals surface area contributed by atoms with Gasteiger partial charge < -0.3 is 20.2 Å². The van der Waals surface area contributed by atoms with Crippen LogP contribution in [0.15, 0.2) is 24.3 Å². The Morgan fingerprint density at radius 2 is 1.81 bits per heavy atom. The lowest BCUT2D eigenvalue weighted by Gasteiger charge is -2.33. The van der Waals surface area contributed by atoms with Gasteiger partial charge in [-0.3, -0.25) is 9.59 Å². The van der Waals surface area contributed by atoms with Crippen molar-refractivity contribution < 1.29 is 19.5 Å². The average Bonchev–Trinajstić information content (AvgIpc) is 2.62. The Hall–Kier alpha value is -2.57.